The largest absolute Gasteiger partial charge is 0.490 e. The van der Waals surface area contributed by atoms with Crippen molar-refractivity contribution in [1.29, 1.82) is 0 Å². The highest BCUT2D eigenvalue weighted by Crippen LogP contribution is 2.24. The molecule has 5 nitrogen and oxygen atoms in total. The van der Waals surface area contributed by atoms with Gasteiger partial charge in [0, 0.05) is 26.7 Å². The van der Waals surface area contributed by atoms with Gasteiger partial charge in [-0.1, -0.05) is 6.07 Å². The zero-order chi connectivity index (χ0) is 16.9. The summed E-state index contributed by atoms with van der Waals surface area (Å²) in [5.74, 6) is 0.641. The summed E-state index contributed by atoms with van der Waals surface area (Å²) < 4.78 is 35.6. The summed E-state index contributed by atoms with van der Waals surface area (Å²) in [4.78, 5) is 2.70. The fraction of sp³-hybridized carbons (Fsp3) is 0.647. The Morgan fingerprint density at radius 2 is 1.96 bits per heavy atom. The molecule has 0 unspecified atom stereocenters. The highest BCUT2D eigenvalue weighted by Gasteiger charge is 2.22. The SMILES string of the molecule is COCCN1CCC(Oc2cccc(S(=O)(=O)C(C)C)c2)CC1. The van der Waals surface area contributed by atoms with Gasteiger partial charge in [-0.2, -0.15) is 0 Å². The minimum atomic E-state index is -3.26. The molecule has 130 valence electrons. The molecular formula is C17H27NO4S. The molecule has 1 fully saturated rings. The second kappa shape index (κ2) is 8.13. The van der Waals surface area contributed by atoms with E-state index in [-0.39, 0.29) is 6.10 Å². The number of hydrogen-bond donors (Lipinski definition) is 0. The summed E-state index contributed by atoms with van der Waals surface area (Å²) in [7, 11) is -1.55. The summed E-state index contributed by atoms with van der Waals surface area (Å²) in [5.41, 5.74) is 0. The average molecular weight is 341 g/mol. The van der Waals surface area contributed by atoms with E-state index < -0.39 is 15.1 Å². The van der Waals surface area contributed by atoms with Crippen LogP contribution in [0, 0.1) is 0 Å². The Morgan fingerprint density at radius 3 is 2.57 bits per heavy atom. The van der Waals surface area contributed by atoms with E-state index in [1.807, 2.05) is 6.07 Å². The van der Waals surface area contributed by atoms with Crippen LogP contribution in [0.4, 0.5) is 0 Å². The van der Waals surface area contributed by atoms with Gasteiger partial charge in [0.1, 0.15) is 11.9 Å². The van der Waals surface area contributed by atoms with Gasteiger partial charge >= 0.3 is 0 Å². The molecule has 23 heavy (non-hydrogen) atoms. The highest BCUT2D eigenvalue weighted by molar-refractivity contribution is 7.92. The van der Waals surface area contributed by atoms with Crippen LogP contribution in [-0.2, 0) is 14.6 Å². The molecule has 1 aliphatic heterocycles. The van der Waals surface area contributed by atoms with Crippen LogP contribution >= 0.6 is 0 Å². The number of likely N-dealkylation sites (tertiary alicyclic amines) is 1. The van der Waals surface area contributed by atoms with Gasteiger partial charge in [-0.3, -0.25) is 0 Å². The second-order valence-electron chi connectivity index (χ2n) is 6.22. The van der Waals surface area contributed by atoms with Crippen LogP contribution in [0.15, 0.2) is 29.2 Å². The zero-order valence-corrected chi connectivity index (χ0v) is 15.0. The first-order valence-electron chi connectivity index (χ1n) is 8.15. The third-order valence-corrected chi connectivity index (χ3v) is 6.36. The number of rotatable bonds is 7. The quantitative estimate of drug-likeness (QED) is 0.762. The molecule has 0 aromatic heterocycles. The van der Waals surface area contributed by atoms with Crippen LogP contribution in [-0.4, -0.2) is 58.0 Å². The first-order valence-corrected chi connectivity index (χ1v) is 9.70. The lowest BCUT2D eigenvalue weighted by Gasteiger charge is -2.32. The van der Waals surface area contributed by atoms with Gasteiger partial charge in [0.05, 0.1) is 16.8 Å². The summed E-state index contributed by atoms with van der Waals surface area (Å²) in [6.07, 6.45) is 2.04. The van der Waals surface area contributed by atoms with E-state index in [1.165, 1.54) is 0 Å². The minimum absolute atomic E-state index is 0.144. The van der Waals surface area contributed by atoms with E-state index >= 15 is 0 Å². The number of methoxy groups -OCH3 is 1. The van der Waals surface area contributed by atoms with Crippen molar-refractivity contribution in [2.45, 2.75) is 42.9 Å². The molecule has 2 rings (SSSR count). The Kier molecular flexibility index (Phi) is 6.44. The second-order valence-corrected chi connectivity index (χ2v) is 8.72. The van der Waals surface area contributed by atoms with Crippen LogP contribution in [0.2, 0.25) is 0 Å². The Bertz CT molecular complexity index is 592. The Morgan fingerprint density at radius 1 is 1.26 bits per heavy atom. The molecule has 0 bridgehead atoms. The lowest BCUT2D eigenvalue weighted by atomic mass is 10.1. The van der Waals surface area contributed by atoms with Gasteiger partial charge in [-0.05, 0) is 44.9 Å². The predicted molar refractivity (Wildman–Crippen MR) is 90.7 cm³/mol. The van der Waals surface area contributed by atoms with Crippen LogP contribution in [0.25, 0.3) is 0 Å². The molecule has 0 radical (unpaired) electrons. The topological polar surface area (TPSA) is 55.8 Å². The van der Waals surface area contributed by atoms with Crippen LogP contribution in [0.5, 0.6) is 5.75 Å². The van der Waals surface area contributed by atoms with E-state index in [0.29, 0.717) is 10.6 Å². The molecule has 0 atom stereocenters. The molecule has 1 saturated heterocycles. The minimum Gasteiger partial charge on any atom is -0.490 e. The molecule has 0 saturated carbocycles. The van der Waals surface area contributed by atoms with Gasteiger partial charge < -0.3 is 14.4 Å². The lowest BCUT2D eigenvalue weighted by Crippen LogP contribution is -2.39. The molecule has 1 aliphatic rings. The molecule has 1 aromatic rings. The molecule has 0 spiro atoms. The van der Waals surface area contributed by atoms with Crippen molar-refractivity contribution in [3.63, 3.8) is 0 Å². The number of benzene rings is 1. The number of ether oxygens (including phenoxy) is 2. The molecule has 0 N–H and O–H groups in total. The Balaban J connectivity index is 1.95. The Hall–Kier alpha value is -1.11. The maximum atomic E-state index is 12.2. The average Bonchev–Trinajstić information content (AvgIpc) is 2.54. The first kappa shape index (κ1) is 18.2. The summed E-state index contributed by atoms with van der Waals surface area (Å²) in [6.45, 7) is 7.05. The molecule has 6 heteroatoms. The molecule has 1 aromatic carbocycles. The van der Waals surface area contributed by atoms with Gasteiger partial charge in [0.25, 0.3) is 0 Å². The summed E-state index contributed by atoms with van der Waals surface area (Å²) in [6, 6.07) is 6.86. The van der Waals surface area contributed by atoms with Crippen molar-refractivity contribution < 1.29 is 17.9 Å². The van der Waals surface area contributed by atoms with Crippen molar-refractivity contribution in [1.82, 2.24) is 4.90 Å². The third kappa shape index (κ3) is 4.93. The van der Waals surface area contributed by atoms with E-state index in [2.05, 4.69) is 4.90 Å². The van der Waals surface area contributed by atoms with E-state index in [9.17, 15) is 8.42 Å². The van der Waals surface area contributed by atoms with Crippen LogP contribution in [0.1, 0.15) is 26.7 Å². The van der Waals surface area contributed by atoms with E-state index in [1.54, 1.807) is 39.2 Å². The van der Waals surface area contributed by atoms with Crippen LogP contribution < -0.4 is 4.74 Å². The van der Waals surface area contributed by atoms with Crippen molar-refractivity contribution in [3.8, 4) is 5.75 Å². The van der Waals surface area contributed by atoms with Gasteiger partial charge in [0.15, 0.2) is 9.84 Å². The molecular weight excluding hydrogens is 314 g/mol. The van der Waals surface area contributed by atoms with Gasteiger partial charge in [-0.15, -0.1) is 0 Å². The zero-order valence-electron chi connectivity index (χ0n) is 14.2. The molecule has 1 heterocycles. The first-order chi connectivity index (χ1) is 10.9. The summed E-state index contributed by atoms with van der Waals surface area (Å²) in [5, 5.41) is -0.429. The number of nitrogens with zero attached hydrogens (tertiary/aromatic N) is 1. The van der Waals surface area contributed by atoms with Crippen molar-refractivity contribution in [2.75, 3.05) is 33.4 Å². The summed E-state index contributed by atoms with van der Waals surface area (Å²) >= 11 is 0. The number of sulfone groups is 1. The van der Waals surface area contributed by atoms with Gasteiger partial charge in [-0.25, -0.2) is 8.42 Å². The van der Waals surface area contributed by atoms with Crippen molar-refractivity contribution in [3.05, 3.63) is 24.3 Å². The molecule has 0 amide bonds. The predicted octanol–water partition coefficient (Wildman–Crippen LogP) is 2.36. The monoisotopic (exact) mass is 341 g/mol. The van der Waals surface area contributed by atoms with E-state index in [0.717, 1.165) is 39.1 Å². The highest BCUT2D eigenvalue weighted by atomic mass is 32.2. The maximum absolute atomic E-state index is 12.2. The maximum Gasteiger partial charge on any atom is 0.180 e. The van der Waals surface area contributed by atoms with Crippen molar-refractivity contribution >= 4 is 9.84 Å². The normalized spacial score (nSPS) is 17.6. The smallest absolute Gasteiger partial charge is 0.180 e. The number of hydrogen-bond acceptors (Lipinski definition) is 5. The fourth-order valence-corrected chi connectivity index (χ4v) is 3.75. The fourth-order valence-electron chi connectivity index (χ4n) is 2.66. The lowest BCUT2D eigenvalue weighted by molar-refractivity contribution is 0.0796. The Labute approximate surface area is 139 Å². The van der Waals surface area contributed by atoms with Gasteiger partial charge in [0.2, 0.25) is 0 Å². The van der Waals surface area contributed by atoms with Crippen molar-refractivity contribution in [2.24, 2.45) is 0 Å². The standard InChI is InChI=1S/C17H27NO4S/c1-14(2)23(19,20)17-6-4-5-16(13-17)22-15-7-9-18(10-8-15)11-12-21-3/h4-6,13-15H,7-12H2,1-3H3. The van der Waals surface area contributed by atoms with Crippen LogP contribution in [0.3, 0.4) is 0 Å². The third-order valence-electron chi connectivity index (χ3n) is 4.20. The number of piperidine rings is 1. The molecule has 0 aliphatic carbocycles. The van der Waals surface area contributed by atoms with E-state index in [4.69, 9.17) is 9.47 Å².